The fourth-order valence-corrected chi connectivity index (χ4v) is 5.45. The number of hydrogen-bond donors (Lipinski definition) is 1. The molecule has 1 saturated heterocycles. The van der Waals surface area contributed by atoms with Crippen LogP contribution in [0.4, 0.5) is 0 Å². The molecule has 1 aliphatic rings. The number of hydrogen-bond acceptors (Lipinski definition) is 3. The fraction of sp³-hybridized carbons (Fsp3) is 0.481. The van der Waals surface area contributed by atoms with Crippen molar-refractivity contribution >= 4 is 16.6 Å². The van der Waals surface area contributed by atoms with E-state index in [1.807, 2.05) is 4.52 Å². The zero-order valence-corrected chi connectivity index (χ0v) is 20.0. The van der Waals surface area contributed by atoms with Gasteiger partial charge >= 0.3 is 0 Å². The van der Waals surface area contributed by atoms with E-state index in [9.17, 15) is 0 Å². The van der Waals surface area contributed by atoms with Gasteiger partial charge in [-0.1, -0.05) is 26.8 Å². The monoisotopic (exact) mass is 429 g/mol. The average Bonchev–Trinajstić information content (AvgIpc) is 3.41. The second-order valence-corrected chi connectivity index (χ2v) is 9.87. The summed E-state index contributed by atoms with van der Waals surface area (Å²) in [6, 6.07) is 9.93. The number of benzene rings is 1. The lowest BCUT2D eigenvalue weighted by atomic mass is 9.87. The quantitative estimate of drug-likeness (QED) is 0.406. The smallest absolute Gasteiger partial charge is 0.155 e. The van der Waals surface area contributed by atoms with E-state index < -0.39 is 0 Å². The number of aromatic nitrogens is 4. The van der Waals surface area contributed by atoms with Gasteiger partial charge in [-0.15, -0.1) is 0 Å². The highest BCUT2D eigenvalue weighted by Gasteiger charge is 2.24. The molecule has 1 aromatic carbocycles. The van der Waals surface area contributed by atoms with E-state index in [4.69, 9.17) is 0 Å². The van der Waals surface area contributed by atoms with Gasteiger partial charge < -0.3 is 9.88 Å². The molecule has 4 aromatic rings. The number of fused-ring (bicyclic) bond motifs is 2. The Morgan fingerprint density at radius 1 is 1.12 bits per heavy atom. The zero-order chi connectivity index (χ0) is 22.4. The summed E-state index contributed by atoms with van der Waals surface area (Å²) in [6.45, 7) is 13.8. The normalized spacial score (nSPS) is 17.1. The number of piperidine rings is 1. The van der Waals surface area contributed by atoms with Gasteiger partial charge in [0.05, 0.1) is 5.69 Å². The molecule has 0 saturated carbocycles. The Morgan fingerprint density at radius 3 is 2.62 bits per heavy atom. The van der Waals surface area contributed by atoms with Gasteiger partial charge in [0.15, 0.2) is 5.65 Å². The van der Waals surface area contributed by atoms with Crippen molar-refractivity contribution in [1.29, 1.82) is 0 Å². The molecule has 5 nitrogen and oxygen atoms in total. The average molecular weight is 430 g/mol. The lowest BCUT2D eigenvalue weighted by Crippen LogP contribution is -2.39. The molecule has 3 aromatic heterocycles. The summed E-state index contributed by atoms with van der Waals surface area (Å²) in [7, 11) is 0. The molecular weight excluding hydrogens is 394 g/mol. The molecule has 0 spiro atoms. The number of aryl methyl sites for hydroxylation is 1. The van der Waals surface area contributed by atoms with E-state index in [0.29, 0.717) is 17.9 Å². The van der Waals surface area contributed by atoms with Crippen molar-refractivity contribution in [2.24, 2.45) is 0 Å². The van der Waals surface area contributed by atoms with Crippen LogP contribution in [0.25, 0.3) is 27.8 Å². The van der Waals surface area contributed by atoms with Crippen LogP contribution in [-0.4, -0.2) is 43.6 Å². The molecule has 1 N–H and O–H groups in total. The van der Waals surface area contributed by atoms with E-state index in [1.165, 1.54) is 71.2 Å². The minimum atomic E-state index is 0.423. The van der Waals surface area contributed by atoms with E-state index >= 15 is 0 Å². The first kappa shape index (κ1) is 21.2. The third kappa shape index (κ3) is 3.62. The van der Waals surface area contributed by atoms with Crippen LogP contribution in [0.3, 0.4) is 0 Å². The molecular formula is C27H35N5. The van der Waals surface area contributed by atoms with Crippen molar-refractivity contribution < 1.29 is 0 Å². The van der Waals surface area contributed by atoms with Gasteiger partial charge in [0.1, 0.15) is 6.33 Å². The number of rotatable bonds is 5. The first-order chi connectivity index (χ1) is 15.5. The van der Waals surface area contributed by atoms with E-state index in [1.54, 1.807) is 6.33 Å². The van der Waals surface area contributed by atoms with Crippen LogP contribution in [0.5, 0.6) is 0 Å². The topological polar surface area (TPSA) is 49.2 Å². The molecule has 32 heavy (non-hydrogen) atoms. The summed E-state index contributed by atoms with van der Waals surface area (Å²) in [4.78, 5) is 10.7. The number of nitrogens with one attached hydrogen (secondary N) is 1. The largest absolute Gasteiger partial charge is 0.354 e. The highest BCUT2D eigenvalue weighted by Crippen LogP contribution is 2.39. The number of aromatic amines is 1. The van der Waals surface area contributed by atoms with Crippen molar-refractivity contribution in [2.45, 2.75) is 71.8 Å². The standard InChI is InChI=1S/C27H35N5/c1-6-19(5)31-11-9-20(10-12-31)21-7-8-24-22(14-21)26(17(2)3)27(30-24)23-15-32-25(13-18(23)4)28-16-29-32/h7-8,13-17,19-20,30H,6,9-12H2,1-5H3. The van der Waals surface area contributed by atoms with Gasteiger partial charge in [0, 0.05) is 28.7 Å². The van der Waals surface area contributed by atoms with Gasteiger partial charge in [-0.05, 0) is 92.9 Å². The van der Waals surface area contributed by atoms with E-state index in [2.05, 4.69) is 85.0 Å². The zero-order valence-electron chi connectivity index (χ0n) is 20.0. The Bertz CT molecular complexity index is 1240. The van der Waals surface area contributed by atoms with Crippen LogP contribution in [0.2, 0.25) is 0 Å². The molecule has 1 atom stereocenters. The Morgan fingerprint density at radius 2 is 1.91 bits per heavy atom. The Hall–Kier alpha value is -2.66. The highest BCUT2D eigenvalue weighted by molar-refractivity contribution is 5.92. The summed E-state index contributed by atoms with van der Waals surface area (Å²) in [5, 5.41) is 5.73. The lowest BCUT2D eigenvalue weighted by molar-refractivity contribution is 0.158. The first-order valence-electron chi connectivity index (χ1n) is 12.2. The third-order valence-corrected chi connectivity index (χ3v) is 7.55. The molecule has 1 unspecified atom stereocenters. The lowest BCUT2D eigenvalue weighted by Gasteiger charge is -2.36. The molecule has 1 aliphatic heterocycles. The van der Waals surface area contributed by atoms with Gasteiger partial charge in [-0.25, -0.2) is 9.50 Å². The van der Waals surface area contributed by atoms with Gasteiger partial charge in [0.2, 0.25) is 0 Å². The van der Waals surface area contributed by atoms with Gasteiger partial charge in [0.25, 0.3) is 0 Å². The summed E-state index contributed by atoms with van der Waals surface area (Å²) in [5.74, 6) is 1.08. The second kappa shape index (κ2) is 8.36. The Labute approximate surface area is 190 Å². The maximum Gasteiger partial charge on any atom is 0.155 e. The number of pyridine rings is 1. The van der Waals surface area contributed by atoms with Crippen molar-refractivity contribution in [2.75, 3.05) is 13.1 Å². The Kier molecular flexibility index (Phi) is 5.54. The van der Waals surface area contributed by atoms with Crippen molar-refractivity contribution in [3.05, 3.63) is 53.5 Å². The molecule has 0 bridgehead atoms. The summed E-state index contributed by atoms with van der Waals surface area (Å²) in [6.07, 6.45) is 7.48. The number of H-pyrrole nitrogens is 1. The molecule has 4 heterocycles. The van der Waals surface area contributed by atoms with E-state index in [-0.39, 0.29) is 0 Å². The van der Waals surface area contributed by atoms with Crippen LogP contribution in [-0.2, 0) is 0 Å². The summed E-state index contributed by atoms with van der Waals surface area (Å²) >= 11 is 0. The predicted molar refractivity (Wildman–Crippen MR) is 132 cm³/mol. The molecule has 5 rings (SSSR count). The highest BCUT2D eigenvalue weighted by atomic mass is 15.3. The molecule has 1 fully saturated rings. The number of nitrogens with zero attached hydrogens (tertiary/aromatic N) is 4. The van der Waals surface area contributed by atoms with Crippen LogP contribution in [0, 0.1) is 6.92 Å². The van der Waals surface area contributed by atoms with Gasteiger partial charge in [-0.3, -0.25) is 0 Å². The molecule has 168 valence electrons. The SMILES string of the molecule is CCC(C)N1CCC(c2ccc3[nH]c(-c4cn5ncnc5cc4C)c(C(C)C)c3c2)CC1. The predicted octanol–water partition coefficient (Wildman–Crippen LogP) is 6.29. The fourth-order valence-electron chi connectivity index (χ4n) is 5.45. The van der Waals surface area contributed by atoms with E-state index in [0.717, 1.165) is 5.65 Å². The molecule has 0 amide bonds. The van der Waals surface area contributed by atoms with Crippen molar-refractivity contribution in [3.8, 4) is 11.3 Å². The minimum absolute atomic E-state index is 0.423. The van der Waals surface area contributed by atoms with Crippen LogP contribution in [0.15, 0.2) is 36.8 Å². The minimum Gasteiger partial charge on any atom is -0.354 e. The third-order valence-electron chi connectivity index (χ3n) is 7.55. The first-order valence-corrected chi connectivity index (χ1v) is 12.2. The molecule has 0 radical (unpaired) electrons. The summed E-state index contributed by atoms with van der Waals surface area (Å²) in [5.41, 5.74) is 8.65. The molecule has 5 heteroatoms. The van der Waals surface area contributed by atoms with Crippen molar-refractivity contribution in [1.82, 2.24) is 24.5 Å². The Balaban J connectivity index is 1.54. The van der Waals surface area contributed by atoms with Gasteiger partial charge in [-0.2, -0.15) is 5.10 Å². The maximum absolute atomic E-state index is 4.36. The van der Waals surface area contributed by atoms with Crippen LogP contribution < -0.4 is 0 Å². The maximum atomic E-state index is 4.36. The van der Waals surface area contributed by atoms with Crippen LogP contribution in [0.1, 0.15) is 75.5 Å². The number of likely N-dealkylation sites (tertiary alicyclic amines) is 1. The van der Waals surface area contributed by atoms with Crippen LogP contribution >= 0.6 is 0 Å². The molecule has 0 aliphatic carbocycles. The second-order valence-electron chi connectivity index (χ2n) is 9.87. The van der Waals surface area contributed by atoms with Crippen molar-refractivity contribution in [3.63, 3.8) is 0 Å². The summed E-state index contributed by atoms with van der Waals surface area (Å²) < 4.78 is 1.87.